The maximum absolute atomic E-state index is 13.2. The standard InChI is InChI=1S/C27H33N5O4/c1-3-36-27(35)19-8-6-13-30(17-19)25(33)11-12-26(34)31-14-7-15-32-24(31)16-22(28-32)21-18-29(2)23-10-5-4-9-20(21)23/h4-5,9-10,16,18-19H,3,6-8,11-15,17H2,1-2H3/t19-/m0/s1. The second-order valence-electron chi connectivity index (χ2n) is 9.61. The van der Waals surface area contributed by atoms with E-state index in [0.29, 0.717) is 26.2 Å². The van der Waals surface area contributed by atoms with Gasteiger partial charge in [-0.3, -0.25) is 19.3 Å². The Morgan fingerprint density at radius 3 is 2.69 bits per heavy atom. The van der Waals surface area contributed by atoms with Gasteiger partial charge < -0.3 is 14.2 Å². The molecule has 0 bridgehead atoms. The zero-order chi connectivity index (χ0) is 25.2. The number of esters is 1. The van der Waals surface area contributed by atoms with E-state index in [2.05, 4.69) is 22.9 Å². The number of nitrogens with zero attached hydrogens (tertiary/aromatic N) is 5. The van der Waals surface area contributed by atoms with Gasteiger partial charge in [-0.05, 0) is 32.3 Å². The number of hydrogen-bond acceptors (Lipinski definition) is 5. The lowest BCUT2D eigenvalue weighted by Crippen LogP contribution is -2.43. The van der Waals surface area contributed by atoms with Crippen molar-refractivity contribution in [3.63, 3.8) is 0 Å². The molecule has 0 spiro atoms. The number of ether oxygens (including phenoxy) is 1. The molecule has 9 heteroatoms. The van der Waals surface area contributed by atoms with Crippen molar-refractivity contribution in [1.29, 1.82) is 0 Å². The highest BCUT2D eigenvalue weighted by molar-refractivity contribution is 5.98. The molecule has 4 heterocycles. The zero-order valence-electron chi connectivity index (χ0n) is 21.0. The molecule has 9 nitrogen and oxygen atoms in total. The van der Waals surface area contributed by atoms with Crippen molar-refractivity contribution in [1.82, 2.24) is 19.2 Å². The summed E-state index contributed by atoms with van der Waals surface area (Å²) >= 11 is 0. The van der Waals surface area contributed by atoms with Crippen LogP contribution in [0.4, 0.5) is 5.82 Å². The van der Waals surface area contributed by atoms with Gasteiger partial charge in [0.05, 0.1) is 18.2 Å². The topological polar surface area (TPSA) is 89.7 Å². The van der Waals surface area contributed by atoms with E-state index in [-0.39, 0.29) is 36.5 Å². The summed E-state index contributed by atoms with van der Waals surface area (Å²) in [6, 6.07) is 10.2. The van der Waals surface area contributed by atoms with E-state index in [1.54, 1.807) is 16.7 Å². The maximum Gasteiger partial charge on any atom is 0.310 e. The number of carbonyl (C=O) groups is 3. The lowest BCUT2D eigenvalue weighted by molar-refractivity contribution is -0.151. The molecule has 2 aliphatic rings. The van der Waals surface area contributed by atoms with Crippen molar-refractivity contribution in [2.24, 2.45) is 13.0 Å². The predicted molar refractivity (Wildman–Crippen MR) is 136 cm³/mol. The molecule has 36 heavy (non-hydrogen) atoms. The molecule has 1 saturated heterocycles. The van der Waals surface area contributed by atoms with Crippen LogP contribution in [0.5, 0.6) is 0 Å². The molecule has 0 radical (unpaired) electrons. The number of likely N-dealkylation sites (tertiary alicyclic amines) is 1. The van der Waals surface area contributed by atoms with E-state index in [0.717, 1.165) is 53.8 Å². The third kappa shape index (κ3) is 4.62. The highest BCUT2D eigenvalue weighted by atomic mass is 16.5. The number of fused-ring (bicyclic) bond motifs is 2. The van der Waals surface area contributed by atoms with Gasteiger partial charge in [-0.25, -0.2) is 4.68 Å². The van der Waals surface area contributed by atoms with Gasteiger partial charge >= 0.3 is 5.97 Å². The summed E-state index contributed by atoms with van der Waals surface area (Å²) < 4.78 is 9.12. The number of para-hydroxylation sites is 1. The van der Waals surface area contributed by atoms with Crippen LogP contribution < -0.4 is 4.90 Å². The second-order valence-corrected chi connectivity index (χ2v) is 9.61. The van der Waals surface area contributed by atoms with E-state index in [9.17, 15) is 14.4 Å². The second kappa shape index (κ2) is 10.2. The van der Waals surface area contributed by atoms with Gasteiger partial charge in [-0.2, -0.15) is 5.10 Å². The Morgan fingerprint density at radius 1 is 1.06 bits per heavy atom. The Hall–Kier alpha value is -3.62. The Balaban J connectivity index is 1.26. The highest BCUT2D eigenvalue weighted by Gasteiger charge is 2.30. The first-order chi connectivity index (χ1) is 17.5. The minimum Gasteiger partial charge on any atom is -0.466 e. The van der Waals surface area contributed by atoms with Crippen molar-refractivity contribution in [3.05, 3.63) is 36.5 Å². The fraction of sp³-hybridized carbons (Fsp3) is 0.481. The Kier molecular flexibility index (Phi) is 6.80. The molecule has 2 amide bonds. The van der Waals surface area contributed by atoms with Crippen LogP contribution in [0.1, 0.15) is 39.0 Å². The molecule has 0 N–H and O–H groups in total. The lowest BCUT2D eigenvalue weighted by Gasteiger charge is -2.32. The molecular formula is C27H33N5O4. The molecule has 0 saturated carbocycles. The third-order valence-electron chi connectivity index (χ3n) is 7.21. The van der Waals surface area contributed by atoms with Crippen LogP contribution in [0.2, 0.25) is 0 Å². The maximum atomic E-state index is 13.2. The smallest absolute Gasteiger partial charge is 0.310 e. The van der Waals surface area contributed by atoms with Crippen LogP contribution in [-0.4, -0.2) is 63.3 Å². The molecule has 190 valence electrons. The largest absolute Gasteiger partial charge is 0.466 e. The molecule has 1 aromatic carbocycles. The summed E-state index contributed by atoms with van der Waals surface area (Å²) in [5.74, 6) is 0.103. The van der Waals surface area contributed by atoms with Crippen molar-refractivity contribution >= 4 is 34.5 Å². The number of anilines is 1. The molecule has 0 aliphatic carbocycles. The molecule has 1 fully saturated rings. The Morgan fingerprint density at radius 2 is 1.86 bits per heavy atom. The quantitative estimate of drug-likeness (QED) is 0.494. The number of hydrogen-bond donors (Lipinski definition) is 0. The minimum absolute atomic E-state index is 0.0763. The van der Waals surface area contributed by atoms with E-state index in [4.69, 9.17) is 9.84 Å². The van der Waals surface area contributed by atoms with Crippen molar-refractivity contribution in [2.45, 2.75) is 45.6 Å². The fourth-order valence-electron chi connectivity index (χ4n) is 5.37. The van der Waals surface area contributed by atoms with Gasteiger partial charge in [0.25, 0.3) is 0 Å². The normalized spacial score (nSPS) is 17.8. The number of amides is 2. The van der Waals surface area contributed by atoms with E-state index >= 15 is 0 Å². The molecule has 2 aromatic heterocycles. The van der Waals surface area contributed by atoms with Crippen LogP contribution in [0.3, 0.4) is 0 Å². The van der Waals surface area contributed by atoms with Crippen molar-refractivity contribution in [2.75, 3.05) is 31.1 Å². The Bertz CT molecular complexity index is 1290. The van der Waals surface area contributed by atoms with Crippen LogP contribution in [0, 0.1) is 5.92 Å². The molecule has 3 aromatic rings. The van der Waals surface area contributed by atoms with Gasteiger partial charge in [0.15, 0.2) is 0 Å². The van der Waals surface area contributed by atoms with Crippen molar-refractivity contribution in [3.8, 4) is 11.3 Å². The van der Waals surface area contributed by atoms with E-state index in [1.165, 1.54) is 0 Å². The summed E-state index contributed by atoms with van der Waals surface area (Å²) in [4.78, 5) is 41.6. The van der Waals surface area contributed by atoms with Crippen LogP contribution >= 0.6 is 0 Å². The van der Waals surface area contributed by atoms with Gasteiger partial charge in [0.1, 0.15) is 5.82 Å². The molecule has 5 rings (SSSR count). The van der Waals surface area contributed by atoms with Crippen LogP contribution in [-0.2, 0) is 32.7 Å². The summed E-state index contributed by atoms with van der Waals surface area (Å²) in [5, 5.41) is 5.94. The molecule has 1 atom stereocenters. The summed E-state index contributed by atoms with van der Waals surface area (Å²) in [5.41, 5.74) is 3.02. The number of rotatable bonds is 6. The molecule has 0 unspecified atom stereocenters. The van der Waals surface area contributed by atoms with Crippen LogP contribution in [0.15, 0.2) is 36.5 Å². The number of benzene rings is 1. The first-order valence-corrected chi connectivity index (χ1v) is 12.8. The molecular weight excluding hydrogens is 458 g/mol. The van der Waals surface area contributed by atoms with Gasteiger partial charge in [-0.15, -0.1) is 0 Å². The van der Waals surface area contributed by atoms with Crippen LogP contribution in [0.25, 0.3) is 22.2 Å². The SMILES string of the molecule is CCOC(=O)[C@H]1CCCN(C(=O)CCC(=O)N2CCCn3nc(-c4cn(C)c5ccccc45)cc32)C1. The predicted octanol–water partition coefficient (Wildman–Crippen LogP) is 3.36. The summed E-state index contributed by atoms with van der Waals surface area (Å²) in [7, 11) is 2.02. The third-order valence-corrected chi connectivity index (χ3v) is 7.21. The summed E-state index contributed by atoms with van der Waals surface area (Å²) in [6.45, 7) is 4.48. The first kappa shape index (κ1) is 24.1. The minimum atomic E-state index is -0.276. The monoisotopic (exact) mass is 491 g/mol. The lowest BCUT2D eigenvalue weighted by atomic mass is 9.98. The van der Waals surface area contributed by atoms with Gasteiger partial charge in [-0.1, -0.05) is 18.2 Å². The van der Waals surface area contributed by atoms with E-state index < -0.39 is 0 Å². The average Bonchev–Trinajstić information content (AvgIpc) is 3.48. The number of aromatic nitrogens is 3. The summed E-state index contributed by atoms with van der Waals surface area (Å²) in [6.07, 6.45) is 4.66. The number of carbonyl (C=O) groups excluding carboxylic acids is 3. The molecule has 2 aliphatic heterocycles. The Labute approximate surface area is 210 Å². The van der Waals surface area contributed by atoms with E-state index in [1.807, 2.05) is 29.9 Å². The highest BCUT2D eigenvalue weighted by Crippen LogP contribution is 2.33. The number of aryl methyl sites for hydroxylation is 2. The first-order valence-electron chi connectivity index (χ1n) is 12.8. The van der Waals surface area contributed by atoms with Gasteiger partial charge in [0, 0.05) is 74.8 Å². The zero-order valence-corrected chi connectivity index (χ0v) is 21.0. The number of piperidine rings is 1. The van der Waals surface area contributed by atoms with Gasteiger partial charge in [0.2, 0.25) is 11.8 Å². The van der Waals surface area contributed by atoms with Crippen molar-refractivity contribution < 1.29 is 19.1 Å². The fourth-order valence-corrected chi connectivity index (χ4v) is 5.37. The average molecular weight is 492 g/mol.